The third-order valence-electron chi connectivity index (χ3n) is 4.11. The highest BCUT2D eigenvalue weighted by Gasteiger charge is 2.29. The number of hydrogen-bond donors (Lipinski definition) is 1. The summed E-state index contributed by atoms with van der Waals surface area (Å²) >= 11 is 1.52. The lowest BCUT2D eigenvalue weighted by Gasteiger charge is -2.08. The number of aromatic nitrogens is 1. The van der Waals surface area contributed by atoms with E-state index in [1.165, 1.54) is 23.5 Å². The highest BCUT2D eigenvalue weighted by atomic mass is 32.1. The molecule has 0 aliphatic rings. The fourth-order valence-electron chi connectivity index (χ4n) is 2.65. The van der Waals surface area contributed by atoms with E-state index in [0.29, 0.717) is 13.1 Å². The molecule has 28 heavy (non-hydrogen) atoms. The molecule has 0 amide bonds. The Balaban J connectivity index is 1.63. The average molecular weight is 408 g/mol. The topological polar surface area (TPSA) is 43.4 Å². The van der Waals surface area contributed by atoms with Crippen molar-refractivity contribution in [1.82, 2.24) is 10.3 Å². The minimum atomic E-state index is -4.32. The number of benzene rings is 2. The van der Waals surface area contributed by atoms with Gasteiger partial charge in [-0.25, -0.2) is 4.98 Å². The van der Waals surface area contributed by atoms with Crippen molar-refractivity contribution >= 4 is 11.3 Å². The molecular weight excluding hydrogens is 389 g/mol. The number of nitrogens with one attached hydrogen (secondary N) is 1. The van der Waals surface area contributed by atoms with Crippen LogP contribution >= 0.6 is 11.3 Å². The van der Waals surface area contributed by atoms with Crippen LogP contribution < -0.4 is 14.8 Å². The number of thiazole rings is 1. The summed E-state index contributed by atoms with van der Waals surface area (Å²) in [6.07, 6.45) is -2.54. The zero-order chi connectivity index (χ0) is 20.1. The Labute approximate surface area is 165 Å². The lowest BCUT2D eigenvalue weighted by Crippen LogP contribution is -2.12. The first-order valence-electron chi connectivity index (χ1n) is 8.44. The molecule has 0 radical (unpaired) electrons. The maximum absolute atomic E-state index is 12.6. The fourth-order valence-corrected chi connectivity index (χ4v) is 3.56. The molecule has 0 aliphatic heterocycles. The number of hydrogen-bond acceptors (Lipinski definition) is 5. The van der Waals surface area contributed by atoms with Gasteiger partial charge in [-0.3, -0.25) is 0 Å². The Morgan fingerprint density at radius 2 is 1.75 bits per heavy atom. The van der Waals surface area contributed by atoms with Crippen LogP contribution in [0.2, 0.25) is 0 Å². The fraction of sp³-hybridized carbons (Fsp3) is 0.250. The highest BCUT2D eigenvalue weighted by molar-refractivity contribution is 7.15. The molecule has 4 nitrogen and oxygen atoms in total. The van der Waals surface area contributed by atoms with Crippen LogP contribution in [-0.2, 0) is 19.3 Å². The van der Waals surface area contributed by atoms with Gasteiger partial charge in [-0.05, 0) is 35.9 Å². The zero-order valence-corrected chi connectivity index (χ0v) is 16.2. The molecule has 1 heterocycles. The van der Waals surface area contributed by atoms with Crippen molar-refractivity contribution in [2.45, 2.75) is 19.3 Å². The van der Waals surface area contributed by atoms with Crippen LogP contribution in [-0.4, -0.2) is 19.2 Å². The molecule has 8 heteroatoms. The summed E-state index contributed by atoms with van der Waals surface area (Å²) in [6, 6.07) is 10.7. The molecule has 0 saturated heterocycles. The maximum atomic E-state index is 12.6. The molecule has 2 aromatic carbocycles. The zero-order valence-electron chi connectivity index (χ0n) is 15.3. The van der Waals surface area contributed by atoms with Crippen molar-refractivity contribution in [2.75, 3.05) is 14.2 Å². The van der Waals surface area contributed by atoms with E-state index in [2.05, 4.69) is 10.3 Å². The van der Waals surface area contributed by atoms with Gasteiger partial charge >= 0.3 is 6.18 Å². The predicted octanol–water partition coefficient (Wildman–Crippen LogP) is 5.14. The van der Waals surface area contributed by atoms with Crippen LogP contribution in [0.5, 0.6) is 11.5 Å². The Morgan fingerprint density at radius 1 is 1.00 bits per heavy atom. The average Bonchev–Trinajstić information content (AvgIpc) is 3.16. The normalized spacial score (nSPS) is 11.5. The molecule has 0 spiro atoms. The SMILES string of the molecule is COc1ccc(OC)c(-c2cnc(CNCc3ccc(C(F)(F)F)cc3)s2)c1. The van der Waals surface area contributed by atoms with E-state index >= 15 is 0 Å². The number of rotatable bonds is 7. The molecule has 3 aromatic rings. The van der Waals surface area contributed by atoms with Gasteiger partial charge in [0, 0.05) is 24.8 Å². The number of alkyl halides is 3. The summed E-state index contributed by atoms with van der Waals surface area (Å²) < 4.78 is 48.5. The lowest BCUT2D eigenvalue weighted by molar-refractivity contribution is -0.137. The van der Waals surface area contributed by atoms with E-state index in [-0.39, 0.29) is 0 Å². The van der Waals surface area contributed by atoms with E-state index in [0.717, 1.165) is 44.6 Å². The molecule has 148 valence electrons. The lowest BCUT2D eigenvalue weighted by atomic mass is 10.1. The predicted molar refractivity (Wildman–Crippen MR) is 103 cm³/mol. The Morgan fingerprint density at radius 3 is 2.39 bits per heavy atom. The van der Waals surface area contributed by atoms with E-state index in [4.69, 9.17) is 9.47 Å². The molecule has 3 rings (SSSR count). The second-order valence-corrected chi connectivity index (χ2v) is 7.10. The second kappa shape index (κ2) is 8.62. The van der Waals surface area contributed by atoms with E-state index in [1.807, 2.05) is 18.2 Å². The summed E-state index contributed by atoms with van der Waals surface area (Å²) in [5.41, 5.74) is 1.03. The molecule has 0 aliphatic carbocycles. The van der Waals surface area contributed by atoms with Gasteiger partial charge in [-0.1, -0.05) is 12.1 Å². The number of halogens is 3. The third kappa shape index (κ3) is 4.82. The number of nitrogens with zero attached hydrogens (tertiary/aromatic N) is 1. The Hall–Kier alpha value is -2.58. The number of ether oxygens (including phenoxy) is 2. The Bertz CT molecular complexity index is 924. The standard InChI is InChI=1S/C20H19F3N2O2S/c1-26-15-7-8-17(27-2)16(9-15)18-11-25-19(28-18)12-24-10-13-3-5-14(6-4-13)20(21,22)23/h3-9,11,24H,10,12H2,1-2H3. The molecule has 0 saturated carbocycles. The van der Waals surface area contributed by atoms with Gasteiger partial charge in [-0.2, -0.15) is 13.2 Å². The first kappa shape index (κ1) is 20.2. The third-order valence-corrected chi connectivity index (χ3v) is 5.14. The van der Waals surface area contributed by atoms with Gasteiger partial charge in [0.1, 0.15) is 16.5 Å². The molecule has 0 unspecified atom stereocenters. The van der Waals surface area contributed by atoms with Gasteiger partial charge in [0.15, 0.2) is 0 Å². The van der Waals surface area contributed by atoms with Crippen molar-refractivity contribution in [3.63, 3.8) is 0 Å². The molecule has 0 fully saturated rings. The van der Waals surface area contributed by atoms with Crippen molar-refractivity contribution in [3.05, 3.63) is 64.8 Å². The van der Waals surface area contributed by atoms with Crippen LogP contribution in [0.4, 0.5) is 13.2 Å². The molecule has 0 bridgehead atoms. The van der Waals surface area contributed by atoms with Crippen LogP contribution in [0.15, 0.2) is 48.7 Å². The van der Waals surface area contributed by atoms with Crippen LogP contribution in [0.3, 0.4) is 0 Å². The highest BCUT2D eigenvalue weighted by Crippen LogP contribution is 2.36. The summed E-state index contributed by atoms with van der Waals surface area (Å²) in [5, 5.41) is 4.07. The summed E-state index contributed by atoms with van der Waals surface area (Å²) in [5.74, 6) is 1.46. The van der Waals surface area contributed by atoms with Crippen LogP contribution in [0.1, 0.15) is 16.1 Å². The molecular formula is C20H19F3N2O2S. The summed E-state index contributed by atoms with van der Waals surface area (Å²) in [4.78, 5) is 5.36. The smallest absolute Gasteiger partial charge is 0.416 e. The first-order chi connectivity index (χ1) is 13.4. The first-order valence-corrected chi connectivity index (χ1v) is 9.26. The van der Waals surface area contributed by atoms with Crippen molar-refractivity contribution in [3.8, 4) is 21.9 Å². The molecule has 0 atom stereocenters. The van der Waals surface area contributed by atoms with Gasteiger partial charge < -0.3 is 14.8 Å². The van der Waals surface area contributed by atoms with Crippen molar-refractivity contribution in [2.24, 2.45) is 0 Å². The van der Waals surface area contributed by atoms with Gasteiger partial charge in [-0.15, -0.1) is 11.3 Å². The van der Waals surface area contributed by atoms with Gasteiger partial charge in [0.05, 0.1) is 24.7 Å². The minimum absolute atomic E-state index is 0.454. The summed E-state index contributed by atoms with van der Waals surface area (Å²) in [6.45, 7) is 0.966. The monoisotopic (exact) mass is 408 g/mol. The maximum Gasteiger partial charge on any atom is 0.416 e. The number of methoxy groups -OCH3 is 2. The van der Waals surface area contributed by atoms with E-state index in [1.54, 1.807) is 20.4 Å². The molecule has 1 aromatic heterocycles. The van der Waals surface area contributed by atoms with Crippen molar-refractivity contribution in [1.29, 1.82) is 0 Å². The molecule has 1 N–H and O–H groups in total. The van der Waals surface area contributed by atoms with Crippen LogP contribution in [0, 0.1) is 0 Å². The quantitative estimate of drug-likeness (QED) is 0.588. The van der Waals surface area contributed by atoms with E-state index in [9.17, 15) is 13.2 Å². The minimum Gasteiger partial charge on any atom is -0.497 e. The van der Waals surface area contributed by atoms with Gasteiger partial charge in [0.25, 0.3) is 0 Å². The van der Waals surface area contributed by atoms with Gasteiger partial charge in [0.2, 0.25) is 0 Å². The van der Waals surface area contributed by atoms with E-state index < -0.39 is 11.7 Å². The second-order valence-electron chi connectivity index (χ2n) is 5.98. The Kier molecular flexibility index (Phi) is 6.21. The summed E-state index contributed by atoms with van der Waals surface area (Å²) in [7, 11) is 3.22. The largest absolute Gasteiger partial charge is 0.497 e. The van der Waals surface area contributed by atoms with Crippen LogP contribution in [0.25, 0.3) is 10.4 Å². The van der Waals surface area contributed by atoms with Crippen molar-refractivity contribution < 1.29 is 22.6 Å².